The van der Waals surface area contributed by atoms with Gasteiger partial charge in [-0.2, -0.15) is 0 Å². The molecule has 0 amide bonds. The topological polar surface area (TPSA) is 91.0 Å². The zero-order valence-electron chi connectivity index (χ0n) is 18.8. The van der Waals surface area contributed by atoms with Gasteiger partial charge in [0, 0.05) is 5.56 Å². The smallest absolute Gasteiger partial charge is 0.479 e. The highest BCUT2D eigenvalue weighted by Gasteiger charge is 2.32. The van der Waals surface area contributed by atoms with E-state index in [2.05, 4.69) is 9.72 Å². The molecule has 1 aromatic carbocycles. The van der Waals surface area contributed by atoms with E-state index in [0.29, 0.717) is 23.6 Å². The Kier molecular flexibility index (Phi) is 7.69. The van der Waals surface area contributed by atoms with E-state index >= 15 is 0 Å². The van der Waals surface area contributed by atoms with Gasteiger partial charge in [0.15, 0.2) is 5.60 Å². The van der Waals surface area contributed by atoms with Gasteiger partial charge in [-0.3, -0.25) is 0 Å². The summed E-state index contributed by atoms with van der Waals surface area (Å²) in [6.45, 7) is 5.33. The molecule has 10 heteroatoms. The van der Waals surface area contributed by atoms with Crippen molar-refractivity contribution in [1.29, 1.82) is 0 Å². The van der Waals surface area contributed by atoms with Crippen LogP contribution in [0.15, 0.2) is 28.7 Å². The first-order valence-corrected chi connectivity index (χ1v) is 10.7. The first-order chi connectivity index (χ1) is 15.4. The number of aromatic nitrogens is 1. The van der Waals surface area contributed by atoms with Gasteiger partial charge >= 0.3 is 12.3 Å². The quantitative estimate of drug-likeness (QED) is 0.516. The van der Waals surface area contributed by atoms with Crippen LogP contribution in [0.3, 0.4) is 0 Å². The SMILES string of the molecule is Cc1oc(-c2cccc(OC(F)(F)F)c2)nc1COC1CCCC(COC(C)(C)C(=O)O)C1. The lowest BCUT2D eigenvalue weighted by molar-refractivity contribution is -0.274. The van der Waals surface area contributed by atoms with Crippen LogP contribution in [0.4, 0.5) is 13.2 Å². The Morgan fingerprint density at radius 2 is 2.03 bits per heavy atom. The Hall–Kier alpha value is -2.59. The normalized spacial score (nSPS) is 19.5. The van der Waals surface area contributed by atoms with Crippen molar-refractivity contribution in [3.8, 4) is 17.2 Å². The van der Waals surface area contributed by atoms with Crippen molar-refractivity contribution in [2.45, 2.75) is 71.1 Å². The van der Waals surface area contributed by atoms with Gasteiger partial charge in [0.1, 0.15) is 17.2 Å². The second-order valence-corrected chi connectivity index (χ2v) is 8.69. The van der Waals surface area contributed by atoms with E-state index in [1.54, 1.807) is 13.0 Å². The third kappa shape index (κ3) is 7.20. The first-order valence-electron chi connectivity index (χ1n) is 10.7. The van der Waals surface area contributed by atoms with Crippen molar-refractivity contribution in [3.63, 3.8) is 0 Å². The first kappa shape index (κ1) is 25.0. The Morgan fingerprint density at radius 3 is 2.73 bits per heavy atom. The van der Waals surface area contributed by atoms with Crippen molar-refractivity contribution in [2.75, 3.05) is 6.61 Å². The second-order valence-electron chi connectivity index (χ2n) is 8.69. The lowest BCUT2D eigenvalue weighted by Gasteiger charge is -2.31. The fourth-order valence-electron chi connectivity index (χ4n) is 3.64. The molecule has 2 atom stereocenters. The number of oxazole rings is 1. The van der Waals surface area contributed by atoms with Crippen molar-refractivity contribution in [3.05, 3.63) is 35.7 Å². The van der Waals surface area contributed by atoms with E-state index in [4.69, 9.17) is 13.9 Å². The summed E-state index contributed by atoms with van der Waals surface area (Å²) in [5.41, 5.74) is -0.302. The molecular weight excluding hydrogens is 443 g/mol. The van der Waals surface area contributed by atoms with Crippen LogP contribution in [0.5, 0.6) is 5.75 Å². The molecule has 0 bridgehead atoms. The standard InChI is InChI=1S/C23H28F3NO6/c1-14-19(27-20(32-14)16-7-5-9-18(11-16)33-23(24,25)26)13-30-17-8-4-6-15(10-17)12-31-22(2,3)21(28)29/h5,7,9,11,15,17H,4,6,8,10,12-13H2,1-3H3,(H,28,29). The predicted molar refractivity (Wildman–Crippen MR) is 112 cm³/mol. The van der Waals surface area contributed by atoms with Crippen molar-refractivity contribution >= 4 is 5.97 Å². The van der Waals surface area contributed by atoms with Gasteiger partial charge in [-0.15, -0.1) is 13.2 Å². The molecule has 0 saturated heterocycles. The van der Waals surface area contributed by atoms with Gasteiger partial charge < -0.3 is 23.7 Å². The van der Waals surface area contributed by atoms with Crippen LogP contribution < -0.4 is 4.74 Å². The van der Waals surface area contributed by atoms with Gasteiger partial charge in [0.2, 0.25) is 5.89 Å². The number of aryl methyl sites for hydroxylation is 1. The Bertz CT molecular complexity index is 956. The highest BCUT2D eigenvalue weighted by molar-refractivity contribution is 5.76. The summed E-state index contributed by atoms with van der Waals surface area (Å²) < 4.78 is 58.7. The maximum absolute atomic E-state index is 12.5. The zero-order valence-corrected chi connectivity index (χ0v) is 18.8. The minimum atomic E-state index is -4.78. The monoisotopic (exact) mass is 471 g/mol. The molecule has 1 heterocycles. The molecule has 33 heavy (non-hydrogen) atoms. The van der Waals surface area contributed by atoms with E-state index in [1.807, 2.05) is 0 Å². The average molecular weight is 471 g/mol. The summed E-state index contributed by atoms with van der Waals surface area (Å²) in [5, 5.41) is 9.19. The summed E-state index contributed by atoms with van der Waals surface area (Å²) in [5.74, 6) is -0.447. The molecule has 1 fully saturated rings. The van der Waals surface area contributed by atoms with Crippen LogP contribution in [0, 0.1) is 12.8 Å². The number of halogens is 3. The maximum Gasteiger partial charge on any atom is 0.573 e. The molecular formula is C23H28F3NO6. The molecule has 1 aliphatic carbocycles. The molecule has 2 unspecified atom stereocenters. The number of ether oxygens (including phenoxy) is 3. The van der Waals surface area contributed by atoms with Crippen LogP contribution >= 0.6 is 0 Å². The van der Waals surface area contributed by atoms with Crippen LogP contribution in [0.1, 0.15) is 51.0 Å². The Labute approximate surface area is 189 Å². The molecule has 0 radical (unpaired) electrons. The van der Waals surface area contributed by atoms with Crippen LogP contribution in [-0.4, -0.2) is 40.7 Å². The number of hydrogen-bond donors (Lipinski definition) is 1. The highest BCUT2D eigenvalue weighted by atomic mass is 19.4. The number of benzene rings is 1. The van der Waals surface area contributed by atoms with Crippen LogP contribution in [0.25, 0.3) is 11.5 Å². The predicted octanol–water partition coefficient (Wildman–Crippen LogP) is 5.50. The van der Waals surface area contributed by atoms with E-state index < -0.39 is 17.9 Å². The number of carboxylic acids is 1. The fraction of sp³-hybridized carbons (Fsp3) is 0.565. The summed E-state index contributed by atoms with van der Waals surface area (Å²) in [4.78, 5) is 15.6. The number of hydrogen-bond acceptors (Lipinski definition) is 6. The molecule has 0 spiro atoms. The van der Waals surface area contributed by atoms with Gasteiger partial charge in [-0.05, 0) is 64.2 Å². The van der Waals surface area contributed by atoms with Gasteiger partial charge in [-0.25, -0.2) is 9.78 Å². The van der Waals surface area contributed by atoms with E-state index in [9.17, 15) is 23.1 Å². The fourth-order valence-corrected chi connectivity index (χ4v) is 3.64. The van der Waals surface area contributed by atoms with Crippen LogP contribution in [-0.2, 0) is 20.9 Å². The van der Waals surface area contributed by atoms with Crippen LogP contribution in [0.2, 0.25) is 0 Å². The van der Waals surface area contributed by atoms with E-state index in [-0.39, 0.29) is 30.3 Å². The molecule has 1 aromatic heterocycles. The summed E-state index contributed by atoms with van der Waals surface area (Å²) in [6.07, 6.45) is -1.30. The molecule has 1 aliphatic rings. The average Bonchev–Trinajstić information content (AvgIpc) is 3.11. The number of carboxylic acid groups (broad SMARTS) is 1. The van der Waals surface area contributed by atoms with Gasteiger partial charge in [0.25, 0.3) is 0 Å². The Balaban J connectivity index is 1.57. The van der Waals surface area contributed by atoms with Crippen molar-refractivity contribution < 1.29 is 41.7 Å². The molecule has 182 valence electrons. The molecule has 1 N–H and O–H groups in total. The third-order valence-corrected chi connectivity index (χ3v) is 5.59. The molecule has 3 rings (SSSR count). The second kappa shape index (κ2) is 10.1. The molecule has 2 aromatic rings. The van der Waals surface area contributed by atoms with Gasteiger partial charge in [-0.1, -0.05) is 12.5 Å². The largest absolute Gasteiger partial charge is 0.573 e. The van der Waals surface area contributed by atoms with Gasteiger partial charge in [0.05, 0.1) is 19.3 Å². The lowest BCUT2D eigenvalue weighted by atomic mass is 9.87. The minimum absolute atomic E-state index is 0.0247. The van der Waals surface area contributed by atoms with E-state index in [0.717, 1.165) is 25.7 Å². The summed E-state index contributed by atoms with van der Waals surface area (Å²) >= 11 is 0. The molecule has 1 saturated carbocycles. The molecule has 0 aliphatic heterocycles. The van der Waals surface area contributed by atoms with Crippen molar-refractivity contribution in [2.24, 2.45) is 5.92 Å². The number of rotatable bonds is 9. The van der Waals surface area contributed by atoms with Crippen molar-refractivity contribution in [1.82, 2.24) is 4.98 Å². The summed E-state index contributed by atoms with van der Waals surface area (Å²) in [6, 6.07) is 5.44. The lowest BCUT2D eigenvalue weighted by Crippen LogP contribution is -2.37. The highest BCUT2D eigenvalue weighted by Crippen LogP contribution is 2.31. The summed E-state index contributed by atoms with van der Waals surface area (Å²) in [7, 11) is 0. The number of carbonyl (C=O) groups is 1. The Morgan fingerprint density at radius 1 is 1.27 bits per heavy atom. The van der Waals surface area contributed by atoms with E-state index in [1.165, 1.54) is 32.0 Å². The number of alkyl halides is 3. The maximum atomic E-state index is 12.5. The third-order valence-electron chi connectivity index (χ3n) is 5.59. The number of aliphatic carboxylic acids is 1. The number of nitrogens with zero attached hydrogens (tertiary/aromatic N) is 1. The zero-order chi connectivity index (χ0) is 24.2. The minimum Gasteiger partial charge on any atom is -0.479 e. The molecule has 7 nitrogen and oxygen atoms in total.